The van der Waals surface area contributed by atoms with Gasteiger partial charge in [-0.05, 0) is 0 Å². The van der Waals surface area contributed by atoms with Gasteiger partial charge in [-0.1, -0.05) is 34.3 Å². The summed E-state index contributed by atoms with van der Waals surface area (Å²) in [5, 5.41) is 8.22. The maximum absolute atomic E-state index is 8.22. The predicted octanol–water partition coefficient (Wildman–Crippen LogP) is 0.907. The molecular formula is C7H9BrO2. The lowest BCUT2D eigenvalue weighted by Crippen LogP contribution is -1.93. The van der Waals surface area contributed by atoms with E-state index in [1.807, 2.05) is 0 Å². The normalized spacial score (nSPS) is 8.20. The Kier molecular flexibility index (Phi) is 6.61. The summed E-state index contributed by atoms with van der Waals surface area (Å²) in [4.78, 5) is 0. The highest BCUT2D eigenvalue weighted by Gasteiger charge is 1.84. The van der Waals surface area contributed by atoms with Crippen LogP contribution in [-0.4, -0.2) is 24.9 Å². The van der Waals surface area contributed by atoms with E-state index in [0.29, 0.717) is 13.2 Å². The van der Waals surface area contributed by atoms with Gasteiger partial charge in [-0.25, -0.2) is 0 Å². The average Bonchev–Trinajstić information content (AvgIpc) is 1.87. The summed E-state index contributed by atoms with van der Waals surface area (Å²) >= 11 is 3.13. The van der Waals surface area contributed by atoms with Crippen molar-refractivity contribution in [2.75, 3.05) is 19.8 Å². The monoisotopic (exact) mass is 204 g/mol. The molecule has 0 aromatic heterocycles. The van der Waals surface area contributed by atoms with Crippen molar-refractivity contribution in [2.45, 2.75) is 0 Å². The Morgan fingerprint density at radius 2 is 2.30 bits per heavy atom. The van der Waals surface area contributed by atoms with Crippen LogP contribution in [0, 0.1) is 11.8 Å². The fourth-order valence-electron chi connectivity index (χ4n) is 0.320. The molecular weight excluding hydrogens is 196 g/mol. The van der Waals surface area contributed by atoms with E-state index in [9.17, 15) is 0 Å². The van der Waals surface area contributed by atoms with Crippen LogP contribution < -0.4 is 0 Å². The smallest absolute Gasteiger partial charge is 0.108 e. The van der Waals surface area contributed by atoms with Gasteiger partial charge in [-0.15, -0.1) is 0 Å². The summed E-state index contributed by atoms with van der Waals surface area (Å²) in [5.74, 6) is 5.06. The first-order chi connectivity index (χ1) is 4.77. The topological polar surface area (TPSA) is 29.5 Å². The fraction of sp³-hybridized carbons (Fsp3) is 0.429. The van der Waals surface area contributed by atoms with Crippen LogP contribution in [0.15, 0.2) is 11.1 Å². The zero-order chi connectivity index (χ0) is 7.82. The molecule has 0 radical (unpaired) electrons. The second-order valence-corrected chi connectivity index (χ2v) is 2.64. The van der Waals surface area contributed by atoms with Crippen LogP contribution in [0.5, 0.6) is 0 Å². The second-order valence-electron chi connectivity index (χ2n) is 1.52. The Balaban J connectivity index is 3.13. The Morgan fingerprint density at radius 3 is 2.80 bits per heavy atom. The maximum Gasteiger partial charge on any atom is 0.108 e. The molecule has 56 valence electrons. The van der Waals surface area contributed by atoms with Crippen molar-refractivity contribution in [3.8, 4) is 11.8 Å². The molecule has 0 aromatic rings. The van der Waals surface area contributed by atoms with E-state index in [4.69, 9.17) is 9.84 Å². The number of aliphatic hydroxyl groups excluding tert-OH is 1. The van der Waals surface area contributed by atoms with Gasteiger partial charge in [0.05, 0.1) is 6.61 Å². The van der Waals surface area contributed by atoms with Crippen molar-refractivity contribution >= 4 is 15.9 Å². The highest BCUT2D eigenvalue weighted by Crippen LogP contribution is 1.98. The van der Waals surface area contributed by atoms with Crippen LogP contribution >= 0.6 is 15.9 Å². The van der Waals surface area contributed by atoms with Gasteiger partial charge in [0.15, 0.2) is 0 Å². The van der Waals surface area contributed by atoms with Crippen LogP contribution in [0.3, 0.4) is 0 Å². The largest absolute Gasteiger partial charge is 0.384 e. The number of halogens is 1. The van der Waals surface area contributed by atoms with Crippen molar-refractivity contribution in [3.63, 3.8) is 0 Å². The standard InChI is InChI=1S/C7H9BrO2/c1-7(8)6-10-5-3-2-4-9/h9H,1,4-6H2. The molecule has 0 spiro atoms. The SMILES string of the molecule is C=C(Br)COCC#CCO. The molecule has 10 heavy (non-hydrogen) atoms. The maximum atomic E-state index is 8.22. The molecule has 0 rings (SSSR count). The lowest BCUT2D eigenvalue weighted by molar-refractivity contribution is 0.197. The van der Waals surface area contributed by atoms with Crippen LogP contribution in [0.1, 0.15) is 0 Å². The fourth-order valence-corrected chi connectivity index (χ4v) is 0.482. The highest BCUT2D eigenvalue weighted by atomic mass is 79.9. The number of aliphatic hydroxyl groups is 1. The first kappa shape index (κ1) is 9.70. The van der Waals surface area contributed by atoms with Gasteiger partial charge < -0.3 is 9.84 Å². The second kappa shape index (κ2) is 6.81. The van der Waals surface area contributed by atoms with Crippen molar-refractivity contribution < 1.29 is 9.84 Å². The zero-order valence-corrected chi connectivity index (χ0v) is 7.15. The molecule has 0 unspecified atom stereocenters. The summed E-state index contributed by atoms with van der Waals surface area (Å²) in [7, 11) is 0. The minimum Gasteiger partial charge on any atom is -0.384 e. The minimum absolute atomic E-state index is 0.112. The molecule has 0 saturated carbocycles. The lowest BCUT2D eigenvalue weighted by Gasteiger charge is -1.94. The van der Waals surface area contributed by atoms with Gasteiger partial charge in [0.2, 0.25) is 0 Å². The van der Waals surface area contributed by atoms with Gasteiger partial charge in [-0.3, -0.25) is 0 Å². The molecule has 0 aromatic carbocycles. The van der Waals surface area contributed by atoms with E-state index < -0.39 is 0 Å². The summed E-state index contributed by atoms with van der Waals surface area (Å²) in [6.45, 7) is 4.25. The lowest BCUT2D eigenvalue weighted by atomic mass is 10.6. The van der Waals surface area contributed by atoms with E-state index in [-0.39, 0.29) is 6.61 Å². The summed E-state index contributed by atoms with van der Waals surface area (Å²) in [5.41, 5.74) is 0. The molecule has 0 heterocycles. The summed E-state index contributed by atoms with van der Waals surface area (Å²) < 4.78 is 5.76. The first-order valence-corrected chi connectivity index (χ1v) is 3.54. The van der Waals surface area contributed by atoms with Crippen molar-refractivity contribution in [2.24, 2.45) is 0 Å². The van der Waals surface area contributed by atoms with Crippen LogP contribution in [0.25, 0.3) is 0 Å². The van der Waals surface area contributed by atoms with Gasteiger partial charge in [0, 0.05) is 4.48 Å². The van der Waals surface area contributed by atoms with Crippen LogP contribution in [-0.2, 0) is 4.74 Å². The Hall–Kier alpha value is -0.300. The van der Waals surface area contributed by atoms with E-state index in [0.717, 1.165) is 4.48 Å². The van der Waals surface area contributed by atoms with E-state index >= 15 is 0 Å². The van der Waals surface area contributed by atoms with E-state index in [1.54, 1.807) is 0 Å². The third-order valence-corrected chi connectivity index (χ3v) is 0.866. The number of hydrogen-bond acceptors (Lipinski definition) is 2. The molecule has 0 amide bonds. The number of rotatable bonds is 3. The molecule has 0 aliphatic carbocycles. The number of hydrogen-bond donors (Lipinski definition) is 1. The van der Waals surface area contributed by atoms with E-state index in [1.165, 1.54) is 0 Å². The molecule has 0 aliphatic rings. The third kappa shape index (κ3) is 7.70. The Bertz CT molecular complexity index is 155. The van der Waals surface area contributed by atoms with Gasteiger partial charge in [0.1, 0.15) is 13.2 Å². The minimum atomic E-state index is -0.112. The molecule has 0 bridgehead atoms. The molecule has 0 aliphatic heterocycles. The summed E-state index contributed by atoms with van der Waals surface area (Å²) in [6.07, 6.45) is 0. The molecule has 3 heteroatoms. The summed E-state index contributed by atoms with van der Waals surface area (Å²) in [6, 6.07) is 0. The molecule has 0 saturated heterocycles. The quantitative estimate of drug-likeness (QED) is 0.548. The molecule has 0 atom stereocenters. The van der Waals surface area contributed by atoms with Crippen molar-refractivity contribution in [1.29, 1.82) is 0 Å². The van der Waals surface area contributed by atoms with E-state index in [2.05, 4.69) is 34.3 Å². The Labute approximate surface area is 69.0 Å². The van der Waals surface area contributed by atoms with Crippen LogP contribution in [0.4, 0.5) is 0 Å². The van der Waals surface area contributed by atoms with Gasteiger partial charge in [-0.2, -0.15) is 0 Å². The van der Waals surface area contributed by atoms with Crippen LogP contribution in [0.2, 0.25) is 0 Å². The average molecular weight is 205 g/mol. The molecule has 0 fully saturated rings. The Morgan fingerprint density at radius 1 is 1.60 bits per heavy atom. The first-order valence-electron chi connectivity index (χ1n) is 2.75. The molecule has 1 N–H and O–H groups in total. The van der Waals surface area contributed by atoms with Gasteiger partial charge >= 0.3 is 0 Å². The number of ether oxygens (including phenoxy) is 1. The predicted molar refractivity (Wildman–Crippen MR) is 43.7 cm³/mol. The van der Waals surface area contributed by atoms with Gasteiger partial charge in [0.25, 0.3) is 0 Å². The molecule has 2 nitrogen and oxygen atoms in total. The van der Waals surface area contributed by atoms with Crippen molar-refractivity contribution in [3.05, 3.63) is 11.1 Å². The highest BCUT2D eigenvalue weighted by molar-refractivity contribution is 9.11. The third-order valence-electron chi connectivity index (χ3n) is 0.637. The van der Waals surface area contributed by atoms with Crippen molar-refractivity contribution in [1.82, 2.24) is 0 Å². The zero-order valence-electron chi connectivity index (χ0n) is 5.56.